The van der Waals surface area contributed by atoms with Gasteiger partial charge in [-0.2, -0.15) is 9.67 Å². The number of carbonyl (C=O) groups is 1. The van der Waals surface area contributed by atoms with Gasteiger partial charge in [0.25, 0.3) is 5.91 Å². The normalized spacial score (nSPS) is 10.6. The average molecular weight is 346 g/mol. The molecule has 0 saturated heterocycles. The number of carbonyl (C=O) groups excluding carboxylic acids is 1. The van der Waals surface area contributed by atoms with Gasteiger partial charge in [-0.05, 0) is 31.2 Å². The molecule has 7 heteroatoms. The number of halogens is 2. The van der Waals surface area contributed by atoms with Crippen molar-refractivity contribution in [2.45, 2.75) is 6.92 Å². The van der Waals surface area contributed by atoms with Gasteiger partial charge in [-0.1, -0.05) is 35.9 Å². The van der Waals surface area contributed by atoms with E-state index >= 15 is 0 Å². The van der Waals surface area contributed by atoms with Gasteiger partial charge in [0.2, 0.25) is 0 Å². The molecule has 0 aliphatic carbocycles. The van der Waals surface area contributed by atoms with Crippen molar-refractivity contribution in [1.82, 2.24) is 14.8 Å². The smallest absolute Gasteiger partial charge is 0.336 e. The van der Waals surface area contributed by atoms with E-state index in [0.29, 0.717) is 6.61 Å². The summed E-state index contributed by atoms with van der Waals surface area (Å²) in [6, 6.07) is 12.6. The van der Waals surface area contributed by atoms with Crippen molar-refractivity contribution in [3.8, 4) is 17.4 Å². The van der Waals surface area contributed by atoms with Gasteiger partial charge in [-0.3, -0.25) is 4.79 Å². The number of nitrogens with zero attached hydrogens (tertiary/aromatic N) is 3. The standard InChI is InChI=1S/C17H13ClFN3O2/c1-2-24-17-20-15(12-8-4-6-10-14(12)19)22(21-17)16(23)11-7-3-5-9-13(11)18/h3-10H,2H2,1H3. The number of hydrogen-bond donors (Lipinski definition) is 0. The molecule has 0 spiro atoms. The van der Waals surface area contributed by atoms with E-state index in [1.54, 1.807) is 43.3 Å². The lowest BCUT2D eigenvalue weighted by molar-refractivity contribution is 0.0945. The minimum absolute atomic E-state index is 0.00356. The summed E-state index contributed by atoms with van der Waals surface area (Å²) in [4.78, 5) is 16.9. The van der Waals surface area contributed by atoms with E-state index in [2.05, 4.69) is 10.1 Å². The molecular weight excluding hydrogens is 333 g/mol. The molecule has 0 amide bonds. The Morgan fingerprint density at radius 3 is 2.62 bits per heavy atom. The summed E-state index contributed by atoms with van der Waals surface area (Å²) in [5.41, 5.74) is 0.390. The van der Waals surface area contributed by atoms with Crippen molar-refractivity contribution < 1.29 is 13.9 Å². The number of hydrogen-bond acceptors (Lipinski definition) is 4. The predicted molar refractivity (Wildman–Crippen MR) is 87.8 cm³/mol. The van der Waals surface area contributed by atoms with Crippen molar-refractivity contribution in [3.63, 3.8) is 0 Å². The van der Waals surface area contributed by atoms with E-state index in [0.717, 1.165) is 4.68 Å². The van der Waals surface area contributed by atoms with Crippen LogP contribution in [0, 0.1) is 5.82 Å². The van der Waals surface area contributed by atoms with Crippen LogP contribution in [0.2, 0.25) is 5.02 Å². The molecule has 0 saturated carbocycles. The van der Waals surface area contributed by atoms with Gasteiger partial charge < -0.3 is 4.74 Å². The summed E-state index contributed by atoms with van der Waals surface area (Å²) >= 11 is 6.08. The van der Waals surface area contributed by atoms with Gasteiger partial charge in [-0.15, -0.1) is 5.10 Å². The van der Waals surface area contributed by atoms with Gasteiger partial charge in [-0.25, -0.2) is 4.39 Å². The van der Waals surface area contributed by atoms with E-state index in [9.17, 15) is 9.18 Å². The Labute approximate surface area is 142 Å². The molecular formula is C17H13ClFN3O2. The van der Waals surface area contributed by atoms with Crippen molar-refractivity contribution in [2.24, 2.45) is 0 Å². The van der Waals surface area contributed by atoms with Crippen LogP contribution < -0.4 is 4.74 Å². The molecule has 122 valence electrons. The zero-order valence-electron chi connectivity index (χ0n) is 12.7. The molecule has 5 nitrogen and oxygen atoms in total. The number of ether oxygens (including phenoxy) is 1. The monoisotopic (exact) mass is 345 g/mol. The third kappa shape index (κ3) is 3.00. The molecule has 0 atom stereocenters. The second-order valence-electron chi connectivity index (χ2n) is 4.83. The van der Waals surface area contributed by atoms with Crippen LogP contribution >= 0.6 is 11.6 Å². The Kier molecular flexibility index (Phi) is 4.57. The molecule has 0 unspecified atom stereocenters. The summed E-state index contributed by atoms with van der Waals surface area (Å²) in [6.45, 7) is 2.08. The highest BCUT2D eigenvalue weighted by Crippen LogP contribution is 2.25. The Morgan fingerprint density at radius 1 is 1.21 bits per heavy atom. The predicted octanol–water partition coefficient (Wildman–Crippen LogP) is 3.82. The fourth-order valence-electron chi connectivity index (χ4n) is 2.19. The van der Waals surface area contributed by atoms with Crippen LogP contribution in [0.1, 0.15) is 17.3 Å². The van der Waals surface area contributed by atoms with Crippen LogP contribution in [0.3, 0.4) is 0 Å². The van der Waals surface area contributed by atoms with Crippen molar-refractivity contribution in [1.29, 1.82) is 0 Å². The van der Waals surface area contributed by atoms with Gasteiger partial charge in [0.1, 0.15) is 5.82 Å². The molecule has 0 bridgehead atoms. The lowest BCUT2D eigenvalue weighted by Gasteiger charge is -2.06. The Hall–Kier alpha value is -2.73. The first-order valence-electron chi connectivity index (χ1n) is 7.25. The molecule has 0 fully saturated rings. The van der Waals surface area contributed by atoms with Crippen molar-refractivity contribution in [3.05, 3.63) is 64.9 Å². The largest absolute Gasteiger partial charge is 0.463 e. The molecule has 0 aliphatic rings. The lowest BCUT2D eigenvalue weighted by Crippen LogP contribution is -2.16. The quantitative estimate of drug-likeness (QED) is 0.721. The van der Waals surface area contributed by atoms with Gasteiger partial charge in [0.05, 0.1) is 22.8 Å². The molecule has 0 N–H and O–H groups in total. The summed E-state index contributed by atoms with van der Waals surface area (Å²) < 4.78 is 20.4. The fraction of sp³-hybridized carbons (Fsp3) is 0.118. The van der Waals surface area contributed by atoms with Gasteiger partial charge in [0, 0.05) is 0 Å². The molecule has 3 aromatic rings. The highest BCUT2D eigenvalue weighted by Gasteiger charge is 2.23. The van der Waals surface area contributed by atoms with E-state index in [1.807, 2.05) is 0 Å². The van der Waals surface area contributed by atoms with Crippen LogP contribution in [0.15, 0.2) is 48.5 Å². The SMILES string of the molecule is CCOc1nc(-c2ccccc2F)n(C(=O)c2ccccc2Cl)n1. The average Bonchev–Trinajstić information content (AvgIpc) is 2.99. The molecule has 3 rings (SSSR count). The topological polar surface area (TPSA) is 57.0 Å². The summed E-state index contributed by atoms with van der Waals surface area (Å²) in [5.74, 6) is -0.972. The van der Waals surface area contributed by atoms with Crippen LogP contribution in [-0.4, -0.2) is 27.3 Å². The minimum atomic E-state index is -0.516. The molecule has 1 heterocycles. The second kappa shape index (κ2) is 6.80. The molecule has 1 aromatic heterocycles. The maximum absolute atomic E-state index is 14.1. The fourth-order valence-corrected chi connectivity index (χ4v) is 2.41. The van der Waals surface area contributed by atoms with Crippen LogP contribution in [0.5, 0.6) is 6.01 Å². The zero-order valence-corrected chi connectivity index (χ0v) is 13.5. The van der Waals surface area contributed by atoms with Crippen LogP contribution in [0.25, 0.3) is 11.4 Å². The summed E-state index contributed by atoms with van der Waals surface area (Å²) in [7, 11) is 0. The summed E-state index contributed by atoms with van der Waals surface area (Å²) in [6.07, 6.45) is 0. The molecule has 24 heavy (non-hydrogen) atoms. The van der Waals surface area contributed by atoms with Crippen LogP contribution in [-0.2, 0) is 0 Å². The lowest BCUT2D eigenvalue weighted by atomic mass is 10.2. The van der Waals surface area contributed by atoms with Gasteiger partial charge in [0.15, 0.2) is 5.82 Å². The first-order valence-corrected chi connectivity index (χ1v) is 7.63. The maximum Gasteiger partial charge on any atom is 0.336 e. The zero-order chi connectivity index (χ0) is 17.1. The van der Waals surface area contributed by atoms with E-state index in [4.69, 9.17) is 16.3 Å². The van der Waals surface area contributed by atoms with Crippen LogP contribution in [0.4, 0.5) is 4.39 Å². The molecule has 0 radical (unpaired) electrons. The maximum atomic E-state index is 14.1. The third-order valence-corrected chi connectivity index (χ3v) is 3.60. The molecule has 2 aromatic carbocycles. The second-order valence-corrected chi connectivity index (χ2v) is 5.23. The number of aromatic nitrogens is 3. The molecule has 0 aliphatic heterocycles. The van der Waals surface area contributed by atoms with Crippen molar-refractivity contribution in [2.75, 3.05) is 6.61 Å². The minimum Gasteiger partial charge on any atom is -0.463 e. The summed E-state index contributed by atoms with van der Waals surface area (Å²) in [5, 5.41) is 4.32. The number of rotatable bonds is 4. The van der Waals surface area contributed by atoms with E-state index < -0.39 is 11.7 Å². The Bertz CT molecular complexity index is 895. The van der Waals surface area contributed by atoms with E-state index in [-0.39, 0.29) is 28.0 Å². The number of benzene rings is 2. The van der Waals surface area contributed by atoms with Gasteiger partial charge >= 0.3 is 6.01 Å². The first kappa shape index (κ1) is 16.1. The Morgan fingerprint density at radius 2 is 1.92 bits per heavy atom. The van der Waals surface area contributed by atoms with Crippen molar-refractivity contribution >= 4 is 17.5 Å². The third-order valence-electron chi connectivity index (χ3n) is 3.27. The van der Waals surface area contributed by atoms with E-state index in [1.165, 1.54) is 12.1 Å². The Balaban J connectivity index is 2.15. The highest BCUT2D eigenvalue weighted by molar-refractivity contribution is 6.33. The first-order chi connectivity index (χ1) is 11.6. The highest BCUT2D eigenvalue weighted by atomic mass is 35.5.